The monoisotopic (exact) mass is 274 g/mol. The molecule has 0 saturated carbocycles. The number of H-pyrrole nitrogens is 1. The standard InChI is InChI=1S/C13H18N6O/c1-4-14-10-5-6-15-11(7-10)13(20)19(3)8-12-16-9(2)17-18-12/h5-7H,4,8H2,1-3H3,(H,14,15)(H,16,17,18). The number of nitrogens with zero attached hydrogens (tertiary/aromatic N) is 4. The molecule has 2 N–H and O–H groups in total. The average Bonchev–Trinajstić information content (AvgIpc) is 2.84. The largest absolute Gasteiger partial charge is 0.385 e. The van der Waals surface area contributed by atoms with Gasteiger partial charge >= 0.3 is 0 Å². The van der Waals surface area contributed by atoms with Crippen molar-refractivity contribution in [3.63, 3.8) is 0 Å². The number of carbonyl (C=O) groups is 1. The van der Waals surface area contributed by atoms with E-state index >= 15 is 0 Å². The summed E-state index contributed by atoms with van der Waals surface area (Å²) in [5.41, 5.74) is 1.28. The first-order valence-corrected chi connectivity index (χ1v) is 6.43. The predicted octanol–water partition coefficient (Wildman–Crippen LogP) is 1.21. The van der Waals surface area contributed by atoms with E-state index in [1.165, 1.54) is 0 Å². The average molecular weight is 274 g/mol. The first kappa shape index (κ1) is 14.0. The number of rotatable bonds is 5. The van der Waals surface area contributed by atoms with Crippen LogP contribution in [-0.4, -0.2) is 44.6 Å². The van der Waals surface area contributed by atoms with Crippen molar-refractivity contribution < 1.29 is 4.79 Å². The molecule has 106 valence electrons. The van der Waals surface area contributed by atoms with Crippen molar-refractivity contribution >= 4 is 11.6 Å². The third-order valence-electron chi connectivity index (χ3n) is 2.73. The highest BCUT2D eigenvalue weighted by molar-refractivity contribution is 5.92. The molecule has 20 heavy (non-hydrogen) atoms. The second-order valence-corrected chi connectivity index (χ2v) is 4.46. The molecule has 0 aromatic carbocycles. The van der Waals surface area contributed by atoms with Gasteiger partial charge in [0.05, 0.1) is 6.54 Å². The van der Waals surface area contributed by atoms with E-state index in [4.69, 9.17) is 0 Å². The van der Waals surface area contributed by atoms with E-state index in [9.17, 15) is 4.79 Å². The number of carbonyl (C=O) groups excluding carboxylic acids is 1. The fourth-order valence-electron chi connectivity index (χ4n) is 1.80. The Balaban J connectivity index is 2.07. The number of anilines is 1. The number of hydrogen-bond acceptors (Lipinski definition) is 5. The molecule has 2 aromatic heterocycles. The summed E-state index contributed by atoms with van der Waals surface area (Å²) in [6, 6.07) is 3.57. The van der Waals surface area contributed by atoms with Crippen molar-refractivity contribution in [1.29, 1.82) is 0 Å². The lowest BCUT2D eigenvalue weighted by atomic mass is 10.3. The highest BCUT2D eigenvalue weighted by atomic mass is 16.2. The van der Waals surface area contributed by atoms with Crippen molar-refractivity contribution in [1.82, 2.24) is 25.1 Å². The molecular weight excluding hydrogens is 256 g/mol. The van der Waals surface area contributed by atoms with Gasteiger partial charge in [-0.1, -0.05) is 0 Å². The Labute approximate surface area is 117 Å². The maximum Gasteiger partial charge on any atom is 0.272 e. The maximum absolute atomic E-state index is 12.3. The Hall–Kier alpha value is -2.44. The lowest BCUT2D eigenvalue weighted by molar-refractivity contribution is 0.0776. The summed E-state index contributed by atoms with van der Waals surface area (Å²) in [7, 11) is 1.70. The molecule has 0 atom stereocenters. The third kappa shape index (κ3) is 3.31. The van der Waals surface area contributed by atoms with E-state index in [1.807, 2.05) is 19.9 Å². The molecule has 0 unspecified atom stereocenters. The number of aromatic nitrogens is 4. The molecule has 2 heterocycles. The van der Waals surface area contributed by atoms with Crippen LogP contribution in [0.1, 0.15) is 29.1 Å². The lowest BCUT2D eigenvalue weighted by Crippen LogP contribution is -2.27. The maximum atomic E-state index is 12.3. The molecular formula is C13H18N6O. The van der Waals surface area contributed by atoms with Gasteiger partial charge in [-0.2, -0.15) is 5.10 Å². The minimum Gasteiger partial charge on any atom is -0.385 e. The first-order valence-electron chi connectivity index (χ1n) is 6.43. The topological polar surface area (TPSA) is 86.8 Å². The molecule has 0 saturated heterocycles. The van der Waals surface area contributed by atoms with Crippen LogP contribution in [0.25, 0.3) is 0 Å². The van der Waals surface area contributed by atoms with Gasteiger partial charge in [-0.25, -0.2) is 4.98 Å². The highest BCUT2D eigenvalue weighted by Gasteiger charge is 2.15. The normalized spacial score (nSPS) is 10.3. The molecule has 1 amide bonds. The van der Waals surface area contributed by atoms with Crippen LogP contribution < -0.4 is 5.32 Å². The van der Waals surface area contributed by atoms with E-state index in [1.54, 1.807) is 24.2 Å². The fourth-order valence-corrected chi connectivity index (χ4v) is 1.80. The zero-order valence-corrected chi connectivity index (χ0v) is 11.8. The van der Waals surface area contributed by atoms with Crippen LogP contribution >= 0.6 is 0 Å². The van der Waals surface area contributed by atoms with E-state index < -0.39 is 0 Å². The summed E-state index contributed by atoms with van der Waals surface area (Å²) < 4.78 is 0. The summed E-state index contributed by atoms with van der Waals surface area (Å²) in [5.74, 6) is 1.15. The van der Waals surface area contributed by atoms with Crippen molar-refractivity contribution in [2.75, 3.05) is 18.9 Å². The van der Waals surface area contributed by atoms with Crippen LogP contribution in [-0.2, 0) is 6.54 Å². The van der Waals surface area contributed by atoms with Gasteiger partial charge in [0.15, 0.2) is 5.82 Å². The zero-order chi connectivity index (χ0) is 14.5. The summed E-state index contributed by atoms with van der Waals surface area (Å²) >= 11 is 0. The van der Waals surface area contributed by atoms with Crippen molar-refractivity contribution in [3.05, 3.63) is 35.7 Å². The Morgan fingerprint density at radius 2 is 2.30 bits per heavy atom. The Kier molecular flexibility index (Phi) is 4.29. The smallest absolute Gasteiger partial charge is 0.272 e. The minimum atomic E-state index is -0.160. The number of amides is 1. The van der Waals surface area contributed by atoms with Crippen LogP contribution in [0.3, 0.4) is 0 Å². The molecule has 0 fully saturated rings. The van der Waals surface area contributed by atoms with Crippen LogP contribution in [0.5, 0.6) is 0 Å². The van der Waals surface area contributed by atoms with Crippen molar-refractivity contribution in [2.24, 2.45) is 0 Å². The van der Waals surface area contributed by atoms with Gasteiger partial charge in [-0.05, 0) is 26.0 Å². The van der Waals surface area contributed by atoms with Gasteiger partial charge in [-0.3, -0.25) is 14.9 Å². The van der Waals surface area contributed by atoms with E-state index in [0.717, 1.165) is 18.1 Å². The van der Waals surface area contributed by atoms with E-state index in [-0.39, 0.29) is 5.91 Å². The summed E-state index contributed by atoms with van der Waals surface area (Å²) in [6.45, 7) is 4.96. The highest BCUT2D eigenvalue weighted by Crippen LogP contribution is 2.10. The Morgan fingerprint density at radius 3 is 2.95 bits per heavy atom. The molecule has 0 aliphatic heterocycles. The molecule has 0 aliphatic carbocycles. The zero-order valence-electron chi connectivity index (χ0n) is 11.8. The third-order valence-corrected chi connectivity index (χ3v) is 2.73. The van der Waals surface area contributed by atoms with Gasteiger partial charge in [0.1, 0.15) is 11.5 Å². The summed E-state index contributed by atoms with van der Waals surface area (Å²) in [4.78, 5) is 22.1. The van der Waals surface area contributed by atoms with Gasteiger partial charge in [-0.15, -0.1) is 0 Å². The molecule has 0 bridgehead atoms. The minimum absolute atomic E-state index is 0.160. The van der Waals surface area contributed by atoms with Gasteiger partial charge in [0, 0.05) is 25.5 Å². The summed E-state index contributed by atoms with van der Waals surface area (Å²) in [6.07, 6.45) is 1.62. The SMILES string of the molecule is CCNc1ccnc(C(=O)N(C)Cc2n[nH]c(C)n2)c1. The molecule has 0 aliphatic rings. The number of nitrogens with one attached hydrogen (secondary N) is 2. The Bertz CT molecular complexity index is 594. The molecule has 0 spiro atoms. The number of aryl methyl sites for hydroxylation is 1. The lowest BCUT2D eigenvalue weighted by Gasteiger charge is -2.15. The van der Waals surface area contributed by atoms with E-state index in [2.05, 4.69) is 25.5 Å². The number of aromatic amines is 1. The molecule has 2 aromatic rings. The van der Waals surface area contributed by atoms with Crippen molar-refractivity contribution in [3.8, 4) is 0 Å². The van der Waals surface area contributed by atoms with Gasteiger partial charge in [0.25, 0.3) is 5.91 Å². The summed E-state index contributed by atoms with van der Waals surface area (Å²) in [5, 5.41) is 9.92. The quantitative estimate of drug-likeness (QED) is 0.856. The molecule has 7 heteroatoms. The van der Waals surface area contributed by atoms with Crippen LogP contribution in [0.15, 0.2) is 18.3 Å². The second kappa shape index (κ2) is 6.14. The van der Waals surface area contributed by atoms with E-state index in [0.29, 0.717) is 18.1 Å². The van der Waals surface area contributed by atoms with Crippen molar-refractivity contribution in [2.45, 2.75) is 20.4 Å². The van der Waals surface area contributed by atoms with Gasteiger partial charge < -0.3 is 10.2 Å². The fraction of sp³-hybridized carbons (Fsp3) is 0.385. The molecule has 7 nitrogen and oxygen atoms in total. The predicted molar refractivity (Wildman–Crippen MR) is 75.3 cm³/mol. The van der Waals surface area contributed by atoms with Crippen LogP contribution in [0.4, 0.5) is 5.69 Å². The number of hydrogen-bond donors (Lipinski definition) is 2. The van der Waals surface area contributed by atoms with Crippen LogP contribution in [0, 0.1) is 6.92 Å². The van der Waals surface area contributed by atoms with Gasteiger partial charge in [0.2, 0.25) is 0 Å². The Morgan fingerprint density at radius 1 is 1.50 bits per heavy atom. The first-order chi connectivity index (χ1) is 9.60. The molecule has 2 rings (SSSR count). The second-order valence-electron chi connectivity index (χ2n) is 4.46. The van der Waals surface area contributed by atoms with Crippen LogP contribution in [0.2, 0.25) is 0 Å². The number of pyridine rings is 1. The molecule has 0 radical (unpaired) electrons.